The summed E-state index contributed by atoms with van der Waals surface area (Å²) in [6, 6.07) is 12.9. The number of pyridine rings is 1. The van der Waals surface area contributed by atoms with E-state index in [0.29, 0.717) is 27.6 Å². The highest BCUT2D eigenvalue weighted by molar-refractivity contribution is 6.00. The van der Waals surface area contributed by atoms with E-state index in [1.807, 2.05) is 30.3 Å². The van der Waals surface area contributed by atoms with Crippen LogP contribution in [-0.4, -0.2) is 55.0 Å². The number of halogens is 3. The zero-order valence-electron chi connectivity index (χ0n) is 16.1. The summed E-state index contributed by atoms with van der Waals surface area (Å²) in [5.74, 6) is -0.222. The van der Waals surface area contributed by atoms with Gasteiger partial charge in [0.2, 0.25) is 0 Å². The van der Waals surface area contributed by atoms with Crippen LogP contribution in [0.2, 0.25) is 0 Å². The molecule has 30 heavy (non-hydrogen) atoms. The van der Waals surface area contributed by atoms with Gasteiger partial charge in [0.25, 0.3) is 5.91 Å². The second-order valence-corrected chi connectivity index (χ2v) is 6.83. The van der Waals surface area contributed by atoms with E-state index in [9.17, 15) is 18.0 Å². The van der Waals surface area contributed by atoms with Gasteiger partial charge < -0.3 is 4.90 Å². The molecule has 1 amide bonds. The number of rotatable bonds is 4. The van der Waals surface area contributed by atoms with Crippen molar-refractivity contribution in [3.05, 3.63) is 60.4 Å². The van der Waals surface area contributed by atoms with Crippen LogP contribution in [0.15, 0.2) is 54.9 Å². The van der Waals surface area contributed by atoms with Gasteiger partial charge >= 0.3 is 6.18 Å². The van der Waals surface area contributed by atoms with Crippen molar-refractivity contribution in [3.63, 3.8) is 0 Å². The Balaban J connectivity index is 1.72. The molecule has 154 valence electrons. The molecule has 4 aromatic rings. The van der Waals surface area contributed by atoms with Gasteiger partial charge in [-0.1, -0.05) is 30.3 Å². The van der Waals surface area contributed by atoms with Gasteiger partial charge in [0.15, 0.2) is 11.5 Å². The van der Waals surface area contributed by atoms with Crippen molar-refractivity contribution in [1.82, 2.24) is 29.3 Å². The van der Waals surface area contributed by atoms with Gasteiger partial charge in [-0.2, -0.15) is 18.3 Å². The Morgan fingerprint density at radius 1 is 1.13 bits per heavy atom. The summed E-state index contributed by atoms with van der Waals surface area (Å²) in [6.45, 7) is -1.34. The number of alkyl halides is 3. The van der Waals surface area contributed by atoms with Gasteiger partial charge in [-0.3, -0.25) is 9.48 Å². The van der Waals surface area contributed by atoms with Crippen LogP contribution < -0.4 is 0 Å². The minimum absolute atomic E-state index is 0.0800. The summed E-state index contributed by atoms with van der Waals surface area (Å²) in [7, 11) is 2.74. The molecule has 0 atom stereocenters. The summed E-state index contributed by atoms with van der Waals surface area (Å²) in [5.41, 5.74) is 2.47. The first-order valence-corrected chi connectivity index (χ1v) is 8.99. The van der Waals surface area contributed by atoms with Crippen LogP contribution in [0.5, 0.6) is 0 Å². The largest absolute Gasteiger partial charge is 0.406 e. The highest BCUT2D eigenvalue weighted by Gasteiger charge is 2.32. The molecule has 0 radical (unpaired) electrons. The molecule has 10 heteroatoms. The molecule has 0 saturated carbocycles. The number of nitrogens with zero attached hydrogens (tertiary/aromatic N) is 6. The Morgan fingerprint density at radius 2 is 1.87 bits per heavy atom. The third kappa shape index (κ3) is 3.76. The van der Waals surface area contributed by atoms with E-state index in [4.69, 9.17) is 0 Å². The van der Waals surface area contributed by atoms with Gasteiger partial charge in [0.1, 0.15) is 6.54 Å². The molecule has 0 aliphatic rings. The average Bonchev–Trinajstić information content (AvgIpc) is 3.29. The standard InChI is InChI=1S/C20H17F3N6O/c1-27(12-20(21,22)23)19(30)15-11-24-28(2)17(15)14-8-9-29-16(10-14)25-18(26-29)13-6-4-3-5-7-13/h3-11H,12H2,1-2H3. The highest BCUT2D eigenvalue weighted by Crippen LogP contribution is 2.27. The maximum absolute atomic E-state index is 12.7. The molecule has 0 saturated heterocycles. The number of carbonyl (C=O) groups is 1. The lowest BCUT2D eigenvalue weighted by molar-refractivity contribution is -0.138. The van der Waals surface area contributed by atoms with E-state index in [-0.39, 0.29) is 5.56 Å². The monoisotopic (exact) mass is 414 g/mol. The fourth-order valence-electron chi connectivity index (χ4n) is 3.22. The first-order valence-electron chi connectivity index (χ1n) is 8.99. The minimum Gasteiger partial charge on any atom is -0.332 e. The predicted molar refractivity (Wildman–Crippen MR) is 104 cm³/mol. The first kappa shape index (κ1) is 19.6. The molecular formula is C20H17F3N6O. The van der Waals surface area contributed by atoms with E-state index in [1.54, 1.807) is 29.9 Å². The molecule has 0 N–H and O–H groups in total. The van der Waals surface area contributed by atoms with Crippen LogP contribution in [-0.2, 0) is 7.05 Å². The number of amides is 1. The second kappa shape index (κ2) is 7.29. The lowest BCUT2D eigenvalue weighted by atomic mass is 10.1. The maximum Gasteiger partial charge on any atom is 0.406 e. The number of aryl methyl sites for hydroxylation is 1. The van der Waals surface area contributed by atoms with Gasteiger partial charge in [-0.05, 0) is 12.1 Å². The van der Waals surface area contributed by atoms with Crippen LogP contribution in [0.25, 0.3) is 28.3 Å². The lowest BCUT2D eigenvalue weighted by Gasteiger charge is -2.19. The van der Waals surface area contributed by atoms with E-state index in [0.717, 1.165) is 12.6 Å². The molecule has 1 aromatic carbocycles. The number of fused-ring (bicyclic) bond motifs is 1. The Bertz CT molecular complexity index is 1210. The first-order chi connectivity index (χ1) is 14.2. The molecule has 3 aromatic heterocycles. The number of hydrogen-bond acceptors (Lipinski definition) is 4. The smallest absolute Gasteiger partial charge is 0.332 e. The van der Waals surface area contributed by atoms with Crippen LogP contribution in [0.1, 0.15) is 10.4 Å². The minimum atomic E-state index is -4.49. The van der Waals surface area contributed by atoms with Crippen molar-refractivity contribution in [2.24, 2.45) is 7.05 Å². The van der Waals surface area contributed by atoms with Crippen molar-refractivity contribution < 1.29 is 18.0 Å². The topological polar surface area (TPSA) is 68.3 Å². The molecule has 3 heterocycles. The van der Waals surface area contributed by atoms with Crippen molar-refractivity contribution in [1.29, 1.82) is 0 Å². The van der Waals surface area contributed by atoms with E-state index < -0.39 is 18.6 Å². The van der Waals surface area contributed by atoms with E-state index in [1.165, 1.54) is 10.9 Å². The number of hydrogen-bond donors (Lipinski definition) is 0. The van der Waals surface area contributed by atoms with Crippen molar-refractivity contribution in [2.75, 3.05) is 13.6 Å². The number of benzene rings is 1. The second-order valence-electron chi connectivity index (χ2n) is 6.83. The third-order valence-electron chi connectivity index (χ3n) is 4.58. The average molecular weight is 414 g/mol. The van der Waals surface area contributed by atoms with Gasteiger partial charge in [0, 0.05) is 31.4 Å². The summed E-state index contributed by atoms with van der Waals surface area (Å²) in [5, 5.41) is 8.51. The molecular weight excluding hydrogens is 397 g/mol. The summed E-state index contributed by atoms with van der Waals surface area (Å²) in [4.78, 5) is 17.8. The molecule has 0 aliphatic carbocycles. The highest BCUT2D eigenvalue weighted by atomic mass is 19.4. The Morgan fingerprint density at radius 3 is 2.57 bits per heavy atom. The summed E-state index contributed by atoms with van der Waals surface area (Å²) in [6.07, 6.45) is -1.53. The predicted octanol–water partition coefficient (Wildman–Crippen LogP) is 3.43. The van der Waals surface area contributed by atoms with Crippen LogP contribution in [0, 0.1) is 0 Å². The zero-order chi connectivity index (χ0) is 21.5. The molecule has 4 rings (SSSR count). The Hall–Kier alpha value is -3.69. The molecule has 0 bridgehead atoms. The van der Waals surface area contributed by atoms with Gasteiger partial charge in [0.05, 0.1) is 17.5 Å². The fraction of sp³-hybridized carbons (Fsp3) is 0.200. The van der Waals surface area contributed by atoms with Gasteiger partial charge in [-0.15, -0.1) is 5.10 Å². The van der Waals surface area contributed by atoms with Crippen molar-refractivity contribution in [3.8, 4) is 22.6 Å². The van der Waals surface area contributed by atoms with Crippen LogP contribution in [0.3, 0.4) is 0 Å². The Kier molecular flexibility index (Phi) is 4.76. The lowest BCUT2D eigenvalue weighted by Crippen LogP contribution is -2.35. The third-order valence-corrected chi connectivity index (χ3v) is 4.58. The fourth-order valence-corrected chi connectivity index (χ4v) is 3.22. The normalized spacial score (nSPS) is 11.8. The number of carbonyl (C=O) groups excluding carboxylic acids is 1. The molecule has 7 nitrogen and oxygen atoms in total. The molecule has 0 aliphatic heterocycles. The van der Waals surface area contributed by atoms with Crippen molar-refractivity contribution in [2.45, 2.75) is 6.18 Å². The zero-order valence-corrected chi connectivity index (χ0v) is 16.1. The van der Waals surface area contributed by atoms with E-state index in [2.05, 4.69) is 15.2 Å². The summed E-state index contributed by atoms with van der Waals surface area (Å²) < 4.78 is 41.1. The quantitative estimate of drug-likeness (QED) is 0.513. The molecule has 0 unspecified atom stereocenters. The van der Waals surface area contributed by atoms with Crippen LogP contribution >= 0.6 is 0 Å². The SMILES string of the molecule is CN(CC(F)(F)F)C(=O)c1cnn(C)c1-c1ccn2nc(-c3ccccc3)nc2c1. The van der Waals surface area contributed by atoms with Crippen molar-refractivity contribution >= 4 is 11.6 Å². The van der Waals surface area contributed by atoms with E-state index >= 15 is 0 Å². The van der Waals surface area contributed by atoms with Gasteiger partial charge in [-0.25, -0.2) is 9.50 Å². The van der Waals surface area contributed by atoms with Crippen LogP contribution in [0.4, 0.5) is 13.2 Å². The summed E-state index contributed by atoms with van der Waals surface area (Å²) >= 11 is 0. The molecule has 0 spiro atoms. The molecule has 0 fully saturated rings. The Labute approximate surface area is 169 Å². The number of aromatic nitrogens is 5. The maximum atomic E-state index is 12.7.